The highest BCUT2D eigenvalue weighted by atomic mass is 32.2. The summed E-state index contributed by atoms with van der Waals surface area (Å²) in [5.41, 5.74) is 0. The van der Waals surface area contributed by atoms with Gasteiger partial charge in [0.25, 0.3) is 5.91 Å². The van der Waals surface area contributed by atoms with Crippen LogP contribution in [0.15, 0.2) is 24.3 Å². The Morgan fingerprint density at radius 1 is 1.29 bits per heavy atom. The largest absolute Gasteiger partial charge is 0.508 e. The number of phenolic OH excluding ortho intramolecular Hbond substituents is 1. The van der Waals surface area contributed by atoms with Gasteiger partial charge in [-0.3, -0.25) is 4.79 Å². The molecular weight excluding hydrogens is 296 g/mol. The molecule has 1 aromatic carbocycles. The molecule has 118 valence electrons. The molecule has 1 rings (SSSR count). The first-order valence-electron chi connectivity index (χ1n) is 6.55. The molecule has 21 heavy (non-hydrogen) atoms. The molecule has 0 aliphatic heterocycles. The fraction of sp³-hybridized carbons (Fsp3) is 0.462. The van der Waals surface area contributed by atoms with Crippen molar-refractivity contribution in [2.24, 2.45) is 0 Å². The second-order valence-corrected chi connectivity index (χ2v) is 6.44. The van der Waals surface area contributed by atoms with Crippen molar-refractivity contribution in [1.82, 2.24) is 10.0 Å². The van der Waals surface area contributed by atoms with Crippen LogP contribution in [0.1, 0.15) is 13.8 Å². The molecule has 1 unspecified atom stereocenters. The van der Waals surface area contributed by atoms with Crippen LogP contribution in [-0.2, 0) is 14.8 Å². The Morgan fingerprint density at radius 3 is 2.48 bits per heavy atom. The summed E-state index contributed by atoms with van der Waals surface area (Å²) >= 11 is 0. The first-order chi connectivity index (χ1) is 9.84. The molecule has 1 atom stereocenters. The smallest absolute Gasteiger partial charge is 0.260 e. The Balaban J connectivity index is 2.33. The van der Waals surface area contributed by atoms with Crippen molar-refractivity contribution in [3.63, 3.8) is 0 Å². The van der Waals surface area contributed by atoms with E-state index in [9.17, 15) is 13.2 Å². The van der Waals surface area contributed by atoms with Gasteiger partial charge in [-0.1, -0.05) is 0 Å². The van der Waals surface area contributed by atoms with E-state index in [2.05, 4.69) is 10.0 Å². The monoisotopic (exact) mass is 316 g/mol. The molecule has 1 aromatic rings. The Bertz CT molecular complexity index is 556. The highest BCUT2D eigenvalue weighted by Crippen LogP contribution is 2.17. The Morgan fingerprint density at radius 2 is 1.90 bits per heavy atom. The molecule has 7 nitrogen and oxygen atoms in total. The first kappa shape index (κ1) is 17.3. The van der Waals surface area contributed by atoms with Gasteiger partial charge < -0.3 is 15.2 Å². The van der Waals surface area contributed by atoms with Gasteiger partial charge in [0, 0.05) is 13.1 Å². The molecule has 0 aromatic heterocycles. The maximum absolute atomic E-state index is 11.7. The van der Waals surface area contributed by atoms with E-state index in [0.717, 1.165) is 0 Å². The molecule has 0 aliphatic rings. The number of hydrogen-bond acceptors (Lipinski definition) is 5. The van der Waals surface area contributed by atoms with Gasteiger partial charge >= 0.3 is 0 Å². The maximum atomic E-state index is 11.7. The van der Waals surface area contributed by atoms with Crippen molar-refractivity contribution in [1.29, 1.82) is 0 Å². The highest BCUT2D eigenvalue weighted by Gasteiger charge is 2.14. The molecular formula is C13H20N2O5S. The summed E-state index contributed by atoms with van der Waals surface area (Å²) in [6.45, 7) is 3.43. The molecule has 0 spiro atoms. The number of hydrogen-bond donors (Lipinski definition) is 3. The lowest BCUT2D eigenvalue weighted by Gasteiger charge is -2.14. The first-order valence-corrected chi connectivity index (χ1v) is 8.20. The summed E-state index contributed by atoms with van der Waals surface area (Å²) in [5.74, 6) is 0.227. The van der Waals surface area contributed by atoms with E-state index in [0.29, 0.717) is 5.75 Å². The standard InChI is InChI=1S/C13H20N2O5S/c1-3-21(18,19)15-9-8-14-13(17)10(2)20-12-6-4-11(16)5-7-12/h4-7,10,15-16H,3,8-9H2,1-2H3,(H,14,17). The number of rotatable bonds is 8. The summed E-state index contributed by atoms with van der Waals surface area (Å²) in [5, 5.41) is 11.7. The fourth-order valence-electron chi connectivity index (χ4n) is 1.42. The number of aromatic hydroxyl groups is 1. The van der Waals surface area contributed by atoms with Gasteiger partial charge in [-0.25, -0.2) is 13.1 Å². The summed E-state index contributed by atoms with van der Waals surface area (Å²) in [6, 6.07) is 6.02. The van der Waals surface area contributed by atoms with Crippen molar-refractivity contribution in [3.05, 3.63) is 24.3 Å². The number of sulfonamides is 1. The average molecular weight is 316 g/mol. The lowest BCUT2D eigenvalue weighted by molar-refractivity contribution is -0.127. The van der Waals surface area contributed by atoms with Gasteiger partial charge in [-0.2, -0.15) is 0 Å². The third kappa shape index (κ3) is 6.46. The number of ether oxygens (including phenoxy) is 1. The van der Waals surface area contributed by atoms with Gasteiger partial charge in [0.05, 0.1) is 5.75 Å². The van der Waals surface area contributed by atoms with E-state index >= 15 is 0 Å². The number of nitrogens with one attached hydrogen (secondary N) is 2. The number of benzene rings is 1. The van der Waals surface area contributed by atoms with Crippen molar-refractivity contribution < 1.29 is 23.1 Å². The van der Waals surface area contributed by atoms with Crippen LogP contribution >= 0.6 is 0 Å². The minimum Gasteiger partial charge on any atom is -0.508 e. The zero-order valence-electron chi connectivity index (χ0n) is 12.0. The van der Waals surface area contributed by atoms with Crippen molar-refractivity contribution in [2.75, 3.05) is 18.8 Å². The second-order valence-electron chi connectivity index (χ2n) is 4.34. The summed E-state index contributed by atoms with van der Waals surface area (Å²) in [7, 11) is -3.25. The molecule has 0 radical (unpaired) electrons. The molecule has 0 bridgehead atoms. The van der Waals surface area contributed by atoms with Gasteiger partial charge in [0.2, 0.25) is 10.0 Å². The number of carbonyl (C=O) groups excluding carboxylic acids is 1. The Hall–Kier alpha value is -1.80. The van der Waals surface area contributed by atoms with Crippen LogP contribution in [0, 0.1) is 0 Å². The molecule has 0 heterocycles. The van der Waals surface area contributed by atoms with Crippen LogP contribution in [0.25, 0.3) is 0 Å². The maximum Gasteiger partial charge on any atom is 0.260 e. The summed E-state index contributed by atoms with van der Waals surface area (Å²) in [6.07, 6.45) is -0.725. The van der Waals surface area contributed by atoms with Crippen LogP contribution < -0.4 is 14.8 Å². The molecule has 3 N–H and O–H groups in total. The van der Waals surface area contributed by atoms with Gasteiger partial charge in [-0.15, -0.1) is 0 Å². The predicted molar refractivity (Wildman–Crippen MR) is 78.7 cm³/mol. The van der Waals surface area contributed by atoms with E-state index in [1.807, 2.05) is 0 Å². The molecule has 0 fully saturated rings. The SMILES string of the molecule is CCS(=O)(=O)NCCNC(=O)C(C)Oc1ccc(O)cc1. The minimum absolute atomic E-state index is 0.00130. The average Bonchev–Trinajstić information content (AvgIpc) is 2.45. The van der Waals surface area contributed by atoms with E-state index in [1.165, 1.54) is 19.1 Å². The Labute approximate surface area is 124 Å². The third-order valence-corrected chi connectivity index (χ3v) is 4.05. The van der Waals surface area contributed by atoms with Gasteiger partial charge in [0.15, 0.2) is 6.10 Å². The minimum atomic E-state index is -3.25. The van der Waals surface area contributed by atoms with Crippen LogP contribution in [0.4, 0.5) is 0 Å². The predicted octanol–water partition coefficient (Wildman–Crippen LogP) is 0.215. The highest BCUT2D eigenvalue weighted by molar-refractivity contribution is 7.89. The zero-order chi connectivity index (χ0) is 15.9. The quantitative estimate of drug-likeness (QED) is 0.595. The Kier molecular flexibility index (Phi) is 6.44. The lowest BCUT2D eigenvalue weighted by atomic mass is 10.3. The van der Waals surface area contributed by atoms with E-state index < -0.39 is 16.1 Å². The fourth-order valence-corrected chi connectivity index (χ4v) is 2.04. The topological polar surface area (TPSA) is 105 Å². The molecule has 0 saturated carbocycles. The van der Waals surface area contributed by atoms with Crippen LogP contribution in [-0.4, -0.2) is 44.4 Å². The zero-order valence-corrected chi connectivity index (χ0v) is 12.8. The van der Waals surface area contributed by atoms with E-state index in [-0.39, 0.29) is 30.5 Å². The van der Waals surface area contributed by atoms with Gasteiger partial charge in [0.1, 0.15) is 11.5 Å². The van der Waals surface area contributed by atoms with Crippen molar-refractivity contribution >= 4 is 15.9 Å². The molecule has 1 amide bonds. The number of amides is 1. The molecule has 0 aliphatic carbocycles. The molecule has 8 heteroatoms. The lowest BCUT2D eigenvalue weighted by Crippen LogP contribution is -2.40. The summed E-state index contributed by atoms with van der Waals surface area (Å²) < 4.78 is 30.1. The van der Waals surface area contributed by atoms with E-state index in [1.54, 1.807) is 19.1 Å². The number of phenols is 1. The molecule has 0 saturated heterocycles. The van der Waals surface area contributed by atoms with Crippen LogP contribution in [0.2, 0.25) is 0 Å². The second kappa shape index (κ2) is 7.84. The van der Waals surface area contributed by atoms with Crippen molar-refractivity contribution in [2.45, 2.75) is 20.0 Å². The summed E-state index contributed by atoms with van der Waals surface area (Å²) in [4.78, 5) is 11.7. The van der Waals surface area contributed by atoms with E-state index in [4.69, 9.17) is 9.84 Å². The van der Waals surface area contributed by atoms with Crippen LogP contribution in [0.5, 0.6) is 11.5 Å². The van der Waals surface area contributed by atoms with Crippen molar-refractivity contribution in [3.8, 4) is 11.5 Å². The normalized spacial score (nSPS) is 12.7. The third-order valence-electron chi connectivity index (χ3n) is 2.65. The van der Waals surface area contributed by atoms with Gasteiger partial charge in [-0.05, 0) is 38.1 Å². The number of carbonyl (C=O) groups is 1. The van der Waals surface area contributed by atoms with Crippen LogP contribution in [0.3, 0.4) is 0 Å².